The second-order valence-electron chi connectivity index (χ2n) is 7.90. The summed E-state index contributed by atoms with van der Waals surface area (Å²) in [5.41, 5.74) is 0.413. The van der Waals surface area contributed by atoms with Crippen LogP contribution < -0.4 is 0 Å². The molecule has 2 aliphatic rings. The van der Waals surface area contributed by atoms with Crippen molar-refractivity contribution in [3.8, 4) is 0 Å². The van der Waals surface area contributed by atoms with Crippen molar-refractivity contribution >= 4 is 11.9 Å². The maximum absolute atomic E-state index is 13.1. The number of aliphatic carboxylic acids is 1. The first kappa shape index (κ1) is 16.9. The van der Waals surface area contributed by atoms with Crippen LogP contribution in [-0.4, -0.2) is 60.7 Å². The number of hydrogen-bond acceptors (Lipinski definition) is 5. The summed E-state index contributed by atoms with van der Waals surface area (Å²) in [5, 5.41) is 27.5. The number of aromatic nitrogens is 3. The number of nitrogens with zero attached hydrogens (tertiary/aromatic N) is 4. The highest BCUT2D eigenvalue weighted by molar-refractivity contribution is 5.87. The van der Waals surface area contributed by atoms with Gasteiger partial charge in [0.2, 0.25) is 5.91 Å². The van der Waals surface area contributed by atoms with Gasteiger partial charge in [-0.1, -0.05) is 26.0 Å². The Morgan fingerprint density at radius 1 is 1.33 bits per heavy atom. The number of rotatable bonds is 4. The molecule has 8 heteroatoms. The zero-order valence-electron chi connectivity index (χ0n) is 14.2. The molecule has 1 aromatic heterocycles. The number of carbonyl (C=O) groups is 2. The van der Waals surface area contributed by atoms with E-state index < -0.39 is 29.6 Å². The predicted octanol–water partition coefficient (Wildman–Crippen LogP) is 0.789. The molecule has 0 bridgehead atoms. The zero-order chi connectivity index (χ0) is 17.6. The molecular weight excluding hydrogens is 312 g/mol. The molecule has 2 N–H and O–H groups in total. The third-order valence-electron chi connectivity index (χ3n) is 4.69. The minimum absolute atomic E-state index is 0.0343. The average molecular weight is 336 g/mol. The van der Waals surface area contributed by atoms with E-state index in [-0.39, 0.29) is 18.9 Å². The molecule has 8 nitrogen and oxygen atoms in total. The van der Waals surface area contributed by atoms with Crippen LogP contribution in [0.5, 0.6) is 0 Å². The van der Waals surface area contributed by atoms with E-state index in [1.165, 1.54) is 4.90 Å². The van der Waals surface area contributed by atoms with Gasteiger partial charge in [-0.05, 0) is 18.3 Å². The smallest absolute Gasteiger partial charge is 0.326 e. The fourth-order valence-corrected chi connectivity index (χ4v) is 3.31. The minimum Gasteiger partial charge on any atom is -0.480 e. The molecule has 0 unspecified atom stereocenters. The summed E-state index contributed by atoms with van der Waals surface area (Å²) in [7, 11) is 0. The van der Waals surface area contributed by atoms with Crippen molar-refractivity contribution in [1.82, 2.24) is 19.9 Å². The summed E-state index contributed by atoms with van der Waals surface area (Å²) in [6, 6.07) is -1.66. The Labute approximate surface area is 140 Å². The molecular formula is C16H24N4O4. The lowest BCUT2D eigenvalue weighted by Crippen LogP contribution is -2.47. The quantitative estimate of drug-likeness (QED) is 0.841. The van der Waals surface area contributed by atoms with Crippen molar-refractivity contribution in [2.45, 2.75) is 64.1 Å². The monoisotopic (exact) mass is 336 g/mol. The minimum atomic E-state index is -1.09. The van der Waals surface area contributed by atoms with Gasteiger partial charge >= 0.3 is 5.97 Å². The molecule has 1 amide bonds. The highest BCUT2D eigenvalue weighted by atomic mass is 16.4. The topological polar surface area (TPSA) is 109 Å². The van der Waals surface area contributed by atoms with Gasteiger partial charge < -0.3 is 15.1 Å². The van der Waals surface area contributed by atoms with Crippen LogP contribution in [0.3, 0.4) is 0 Å². The molecule has 3 atom stereocenters. The molecule has 3 rings (SSSR count). The number of amides is 1. The van der Waals surface area contributed by atoms with E-state index in [9.17, 15) is 19.8 Å². The van der Waals surface area contributed by atoms with Crippen LogP contribution in [0.15, 0.2) is 6.20 Å². The lowest BCUT2D eigenvalue weighted by molar-refractivity contribution is -0.151. The van der Waals surface area contributed by atoms with Crippen molar-refractivity contribution in [1.29, 1.82) is 0 Å². The van der Waals surface area contributed by atoms with E-state index in [4.69, 9.17) is 0 Å². The van der Waals surface area contributed by atoms with Crippen molar-refractivity contribution in [2.24, 2.45) is 5.41 Å². The number of carboxylic acids is 1. The van der Waals surface area contributed by atoms with Gasteiger partial charge in [0.25, 0.3) is 0 Å². The maximum Gasteiger partial charge on any atom is 0.326 e. The average Bonchev–Trinajstić information content (AvgIpc) is 3.07. The second kappa shape index (κ2) is 5.84. The van der Waals surface area contributed by atoms with Crippen molar-refractivity contribution in [3.05, 3.63) is 11.9 Å². The number of likely N-dealkylation sites (tertiary alicyclic amines) is 1. The fraction of sp³-hybridized carbons (Fsp3) is 0.750. The van der Waals surface area contributed by atoms with E-state index in [1.54, 1.807) is 10.9 Å². The Kier molecular flexibility index (Phi) is 4.11. The summed E-state index contributed by atoms with van der Waals surface area (Å²) in [5.74, 6) is -1.00. The van der Waals surface area contributed by atoms with Gasteiger partial charge in [0, 0.05) is 25.1 Å². The van der Waals surface area contributed by atoms with E-state index in [1.807, 2.05) is 20.8 Å². The molecule has 132 valence electrons. The molecule has 0 radical (unpaired) electrons. The van der Waals surface area contributed by atoms with Crippen LogP contribution in [0.25, 0.3) is 0 Å². The molecule has 24 heavy (non-hydrogen) atoms. The van der Waals surface area contributed by atoms with Gasteiger partial charge in [0.05, 0.1) is 11.8 Å². The Morgan fingerprint density at radius 2 is 2.00 bits per heavy atom. The summed E-state index contributed by atoms with van der Waals surface area (Å²) >= 11 is 0. The zero-order valence-corrected chi connectivity index (χ0v) is 14.2. The summed E-state index contributed by atoms with van der Waals surface area (Å²) in [6.07, 6.45) is 3.22. The van der Waals surface area contributed by atoms with Crippen molar-refractivity contribution in [3.63, 3.8) is 0 Å². The third-order valence-corrected chi connectivity index (χ3v) is 4.69. The standard InChI is InChI=1S/C16H24N4O4/c1-16(2,3)13(20-8-11(17-18-20)9-4-5-9)14(22)19-7-10(21)6-12(19)15(23)24/h8-10,12-13,21H,4-7H2,1-3H3,(H,23,24)/t10-,12+,13-/m1/s1. The van der Waals surface area contributed by atoms with Gasteiger partial charge in [-0.2, -0.15) is 0 Å². The van der Waals surface area contributed by atoms with Crippen LogP contribution in [0.4, 0.5) is 0 Å². The normalized spacial score (nSPS) is 25.8. The molecule has 1 aromatic rings. The van der Waals surface area contributed by atoms with Crippen LogP contribution in [0, 0.1) is 5.41 Å². The van der Waals surface area contributed by atoms with Crippen LogP contribution in [-0.2, 0) is 9.59 Å². The Hall–Kier alpha value is -1.96. The van der Waals surface area contributed by atoms with Gasteiger partial charge in [-0.15, -0.1) is 5.10 Å². The largest absolute Gasteiger partial charge is 0.480 e. The lowest BCUT2D eigenvalue weighted by Gasteiger charge is -2.34. The maximum atomic E-state index is 13.1. The predicted molar refractivity (Wildman–Crippen MR) is 84.2 cm³/mol. The first-order valence-corrected chi connectivity index (χ1v) is 8.31. The number of carbonyl (C=O) groups excluding carboxylic acids is 1. The summed E-state index contributed by atoms with van der Waals surface area (Å²) < 4.78 is 1.56. The van der Waals surface area contributed by atoms with E-state index in [0.717, 1.165) is 18.5 Å². The number of β-amino-alcohol motifs (C(OH)–C–C–N with tert-alkyl or cyclic N) is 1. The summed E-state index contributed by atoms with van der Waals surface area (Å²) in [4.78, 5) is 25.8. The number of hydrogen-bond donors (Lipinski definition) is 2. The highest BCUT2D eigenvalue weighted by Crippen LogP contribution is 2.40. The van der Waals surface area contributed by atoms with E-state index >= 15 is 0 Å². The Balaban J connectivity index is 1.90. The molecule has 1 saturated heterocycles. The third kappa shape index (κ3) is 3.15. The van der Waals surface area contributed by atoms with E-state index in [2.05, 4.69) is 10.3 Å². The highest BCUT2D eigenvalue weighted by Gasteiger charge is 2.45. The second-order valence-corrected chi connectivity index (χ2v) is 7.90. The molecule has 1 aliphatic carbocycles. The molecule has 2 fully saturated rings. The first-order chi connectivity index (χ1) is 11.2. The fourth-order valence-electron chi connectivity index (χ4n) is 3.31. The molecule has 1 aliphatic heterocycles. The molecule has 2 heterocycles. The summed E-state index contributed by atoms with van der Waals surface area (Å²) in [6.45, 7) is 5.77. The van der Waals surface area contributed by atoms with Gasteiger partial charge in [-0.3, -0.25) is 4.79 Å². The van der Waals surface area contributed by atoms with Gasteiger partial charge in [0.15, 0.2) is 0 Å². The van der Waals surface area contributed by atoms with Crippen molar-refractivity contribution < 1.29 is 19.8 Å². The Morgan fingerprint density at radius 3 is 2.54 bits per heavy atom. The number of carboxylic acid groups (broad SMARTS) is 1. The van der Waals surface area contributed by atoms with Gasteiger partial charge in [-0.25, -0.2) is 9.48 Å². The molecule has 0 aromatic carbocycles. The lowest BCUT2D eigenvalue weighted by atomic mass is 9.85. The Bertz CT molecular complexity index is 647. The SMILES string of the molecule is CC(C)(C)[C@@H](C(=O)N1C[C@H](O)C[C@H]1C(=O)O)n1cc(C2CC2)nn1. The number of aliphatic hydroxyl groups excluding tert-OH is 1. The number of aliphatic hydroxyl groups is 1. The van der Waals surface area contributed by atoms with Crippen LogP contribution in [0.1, 0.15) is 57.7 Å². The molecule has 0 spiro atoms. The van der Waals surface area contributed by atoms with Crippen molar-refractivity contribution in [2.75, 3.05) is 6.54 Å². The van der Waals surface area contributed by atoms with E-state index in [0.29, 0.717) is 5.92 Å². The van der Waals surface area contributed by atoms with Crippen LogP contribution in [0.2, 0.25) is 0 Å². The van der Waals surface area contributed by atoms with Gasteiger partial charge in [0.1, 0.15) is 12.1 Å². The van der Waals surface area contributed by atoms with Crippen LogP contribution >= 0.6 is 0 Å². The molecule has 1 saturated carbocycles. The first-order valence-electron chi connectivity index (χ1n) is 8.31.